The summed E-state index contributed by atoms with van der Waals surface area (Å²) in [7, 11) is 1.22. The smallest absolute Gasteiger partial charge is 0.340 e. The largest absolute Gasteiger partial charge is 0.465 e. The fourth-order valence-electron chi connectivity index (χ4n) is 1.26. The molecule has 3 nitrogen and oxygen atoms in total. The third kappa shape index (κ3) is 4.00. The van der Waals surface area contributed by atoms with Crippen LogP contribution in [0.25, 0.3) is 0 Å². The van der Waals surface area contributed by atoms with Gasteiger partial charge in [-0.05, 0) is 24.6 Å². The van der Waals surface area contributed by atoms with Crippen molar-refractivity contribution in [2.24, 2.45) is 0 Å². The van der Waals surface area contributed by atoms with Crippen molar-refractivity contribution in [3.05, 3.63) is 47.3 Å². The molecule has 1 aromatic rings. The monoisotopic (exact) mass is 238 g/mol. The van der Waals surface area contributed by atoms with Gasteiger partial charge in [0.1, 0.15) is 5.82 Å². The Labute approximate surface area is 99.9 Å². The highest BCUT2D eigenvalue weighted by atomic mass is 19.1. The highest BCUT2D eigenvalue weighted by Gasteiger charge is 2.11. The molecule has 92 valence electrons. The summed E-state index contributed by atoms with van der Waals surface area (Å²) in [6.07, 6.45) is 3.74. The summed E-state index contributed by atoms with van der Waals surface area (Å²) >= 11 is 0. The summed E-state index contributed by atoms with van der Waals surface area (Å²) in [5, 5.41) is 0. The maximum Gasteiger partial charge on any atom is 0.340 e. The van der Waals surface area contributed by atoms with Gasteiger partial charge in [-0.25, -0.2) is 9.18 Å². The first-order valence-corrected chi connectivity index (χ1v) is 5.24. The molecule has 17 heavy (non-hydrogen) atoms. The predicted molar refractivity (Wildman–Crippen MR) is 62.2 cm³/mol. The Balaban J connectivity index is 2.65. The molecule has 0 heterocycles. The van der Waals surface area contributed by atoms with E-state index in [-0.39, 0.29) is 5.56 Å². The normalized spacial score (nSPS) is 10.8. The van der Waals surface area contributed by atoms with E-state index in [1.165, 1.54) is 19.2 Å². The molecule has 0 spiro atoms. The van der Waals surface area contributed by atoms with E-state index >= 15 is 0 Å². The maximum atomic E-state index is 13.5. The second-order valence-electron chi connectivity index (χ2n) is 3.39. The van der Waals surface area contributed by atoms with Gasteiger partial charge in [0.05, 0.1) is 25.9 Å². The zero-order valence-corrected chi connectivity index (χ0v) is 9.90. The molecule has 0 saturated carbocycles. The topological polar surface area (TPSA) is 35.5 Å². The number of allylic oxidation sites excluding steroid dienone is 1. The summed E-state index contributed by atoms with van der Waals surface area (Å²) in [6.45, 7) is 2.69. The van der Waals surface area contributed by atoms with Crippen LogP contribution in [0.3, 0.4) is 0 Å². The van der Waals surface area contributed by atoms with Crippen molar-refractivity contribution in [2.75, 3.05) is 13.7 Å². The summed E-state index contributed by atoms with van der Waals surface area (Å²) in [5.41, 5.74) is 0.615. The highest BCUT2D eigenvalue weighted by Crippen LogP contribution is 2.12. The lowest BCUT2D eigenvalue weighted by Crippen LogP contribution is -2.05. The Hall–Kier alpha value is -1.68. The third-order valence-electron chi connectivity index (χ3n) is 2.16. The lowest BCUT2D eigenvalue weighted by Gasteiger charge is -2.05. The summed E-state index contributed by atoms with van der Waals surface area (Å²) < 4.78 is 23.2. The minimum absolute atomic E-state index is 0.0651. The molecule has 0 amide bonds. The van der Waals surface area contributed by atoms with E-state index in [1.54, 1.807) is 6.07 Å². The Morgan fingerprint density at radius 2 is 2.24 bits per heavy atom. The molecule has 1 rings (SSSR count). The minimum Gasteiger partial charge on any atom is -0.465 e. The Bertz CT molecular complexity index is 413. The van der Waals surface area contributed by atoms with Crippen LogP contribution in [0.4, 0.5) is 4.39 Å². The molecule has 0 fully saturated rings. The summed E-state index contributed by atoms with van der Waals surface area (Å²) in [6, 6.07) is 4.32. The van der Waals surface area contributed by atoms with Gasteiger partial charge in [0, 0.05) is 0 Å². The van der Waals surface area contributed by atoms with Crippen LogP contribution in [-0.4, -0.2) is 19.7 Å². The molecule has 0 N–H and O–H groups in total. The third-order valence-corrected chi connectivity index (χ3v) is 2.16. The average molecular weight is 238 g/mol. The van der Waals surface area contributed by atoms with Crippen molar-refractivity contribution >= 4 is 5.97 Å². The zero-order valence-electron chi connectivity index (χ0n) is 9.90. The average Bonchev–Trinajstić information content (AvgIpc) is 2.34. The number of esters is 1. The Morgan fingerprint density at radius 3 is 2.82 bits per heavy atom. The van der Waals surface area contributed by atoms with Crippen molar-refractivity contribution < 1.29 is 18.7 Å². The number of hydrogen-bond donors (Lipinski definition) is 0. The van der Waals surface area contributed by atoms with E-state index in [0.29, 0.717) is 18.8 Å². The fraction of sp³-hybridized carbons (Fsp3) is 0.308. The van der Waals surface area contributed by atoms with E-state index in [4.69, 9.17) is 4.74 Å². The summed E-state index contributed by atoms with van der Waals surface area (Å²) in [4.78, 5) is 11.1. The van der Waals surface area contributed by atoms with Crippen molar-refractivity contribution in [3.8, 4) is 0 Å². The second-order valence-corrected chi connectivity index (χ2v) is 3.39. The van der Waals surface area contributed by atoms with E-state index in [0.717, 1.165) is 0 Å². The second kappa shape index (κ2) is 6.81. The number of halogens is 1. The van der Waals surface area contributed by atoms with Gasteiger partial charge in [0.2, 0.25) is 0 Å². The van der Waals surface area contributed by atoms with Gasteiger partial charge in [-0.2, -0.15) is 0 Å². The molecule has 0 aliphatic carbocycles. The molecule has 4 heteroatoms. The molecule has 0 radical (unpaired) electrons. The van der Waals surface area contributed by atoms with Crippen LogP contribution >= 0.6 is 0 Å². The molecule has 0 aliphatic heterocycles. The van der Waals surface area contributed by atoms with E-state index in [2.05, 4.69) is 4.74 Å². The number of carbonyl (C=O) groups excluding carboxylic acids is 1. The molecule has 0 bridgehead atoms. The molecular weight excluding hydrogens is 223 g/mol. The van der Waals surface area contributed by atoms with E-state index in [1.807, 2.05) is 19.1 Å². The van der Waals surface area contributed by atoms with Gasteiger partial charge in [0.25, 0.3) is 0 Å². The fourth-order valence-corrected chi connectivity index (χ4v) is 1.26. The molecule has 0 saturated heterocycles. The molecule has 1 aromatic carbocycles. The van der Waals surface area contributed by atoms with Crippen molar-refractivity contribution in [1.29, 1.82) is 0 Å². The zero-order chi connectivity index (χ0) is 12.7. The van der Waals surface area contributed by atoms with Gasteiger partial charge in [0.15, 0.2) is 0 Å². The van der Waals surface area contributed by atoms with Crippen LogP contribution in [0.2, 0.25) is 0 Å². The first kappa shape index (κ1) is 13.4. The van der Waals surface area contributed by atoms with Crippen LogP contribution in [-0.2, 0) is 16.1 Å². The first-order chi connectivity index (χ1) is 8.19. The minimum atomic E-state index is -0.677. The van der Waals surface area contributed by atoms with Gasteiger partial charge in [-0.1, -0.05) is 18.2 Å². The maximum absolute atomic E-state index is 13.5. The van der Waals surface area contributed by atoms with E-state index < -0.39 is 11.8 Å². The van der Waals surface area contributed by atoms with Crippen LogP contribution < -0.4 is 0 Å². The van der Waals surface area contributed by atoms with Gasteiger partial charge >= 0.3 is 5.97 Å². The highest BCUT2D eigenvalue weighted by molar-refractivity contribution is 5.89. The van der Waals surface area contributed by atoms with Crippen molar-refractivity contribution in [1.82, 2.24) is 0 Å². The molecule has 0 aliphatic rings. The first-order valence-electron chi connectivity index (χ1n) is 5.24. The number of hydrogen-bond acceptors (Lipinski definition) is 3. The molecular formula is C13H15FO3. The standard InChI is InChI=1S/C13H15FO3/c1-3-4-7-17-9-10-5-6-11(12(14)8-10)13(15)16-2/h3-6,8H,7,9H2,1-2H3/b4-3+. The van der Waals surface area contributed by atoms with Crippen LogP contribution in [0.1, 0.15) is 22.8 Å². The predicted octanol–water partition coefficient (Wildman–Crippen LogP) is 2.71. The van der Waals surface area contributed by atoms with Crippen LogP contribution in [0.15, 0.2) is 30.4 Å². The summed E-state index contributed by atoms with van der Waals surface area (Å²) in [5.74, 6) is -1.27. The van der Waals surface area contributed by atoms with Crippen molar-refractivity contribution in [3.63, 3.8) is 0 Å². The molecule has 0 aromatic heterocycles. The number of methoxy groups -OCH3 is 1. The Morgan fingerprint density at radius 1 is 1.47 bits per heavy atom. The number of ether oxygens (including phenoxy) is 2. The lowest BCUT2D eigenvalue weighted by atomic mass is 10.1. The molecule has 0 unspecified atom stereocenters. The number of carbonyl (C=O) groups is 1. The SMILES string of the molecule is C/C=C/COCc1ccc(C(=O)OC)c(F)c1. The van der Waals surface area contributed by atoms with Gasteiger partial charge in [-0.3, -0.25) is 0 Å². The van der Waals surface area contributed by atoms with Gasteiger partial charge in [-0.15, -0.1) is 0 Å². The molecule has 0 atom stereocenters. The van der Waals surface area contributed by atoms with Crippen molar-refractivity contribution in [2.45, 2.75) is 13.5 Å². The van der Waals surface area contributed by atoms with Crippen LogP contribution in [0.5, 0.6) is 0 Å². The number of rotatable bonds is 5. The van der Waals surface area contributed by atoms with E-state index in [9.17, 15) is 9.18 Å². The van der Waals surface area contributed by atoms with Crippen LogP contribution in [0, 0.1) is 5.82 Å². The lowest BCUT2D eigenvalue weighted by molar-refractivity contribution is 0.0595. The Kier molecular flexibility index (Phi) is 5.36. The van der Waals surface area contributed by atoms with Gasteiger partial charge < -0.3 is 9.47 Å². The number of benzene rings is 1. The quantitative estimate of drug-likeness (QED) is 0.449.